The summed E-state index contributed by atoms with van der Waals surface area (Å²) in [4.78, 5) is 89.4. The van der Waals surface area contributed by atoms with Crippen LogP contribution in [0.25, 0.3) is 21.8 Å². The van der Waals surface area contributed by atoms with Gasteiger partial charge in [-0.2, -0.15) is 5.10 Å². The van der Waals surface area contributed by atoms with E-state index in [-0.39, 0.29) is 106 Å². The van der Waals surface area contributed by atoms with Gasteiger partial charge in [0.15, 0.2) is 23.1 Å². The third-order valence-electron chi connectivity index (χ3n) is 12.4. The zero-order valence-electron chi connectivity index (χ0n) is 42.9. The smallest absolute Gasteiger partial charge is 0.273 e. The molecule has 400 valence electrons. The van der Waals surface area contributed by atoms with E-state index in [1.807, 2.05) is 52.0 Å². The number of thiazole rings is 1. The molecule has 5 aromatic rings. The molecule has 0 radical (unpaired) electrons. The number of nitrogens with zero attached hydrogens (tertiary/aromatic N) is 7. The summed E-state index contributed by atoms with van der Waals surface area (Å²) in [6, 6.07) is 12.8. The average molecular weight is 1050 g/mol. The first-order valence-electron chi connectivity index (χ1n) is 24.7. The van der Waals surface area contributed by atoms with E-state index in [2.05, 4.69) is 57.2 Å². The van der Waals surface area contributed by atoms with Gasteiger partial charge in [-0.05, 0) is 48.4 Å². The largest absolute Gasteiger partial charge is 0.494 e. The highest BCUT2D eigenvalue weighted by molar-refractivity contribution is 7.13. The molecule has 0 spiro atoms. The molecule has 0 bridgehead atoms. The predicted molar refractivity (Wildman–Crippen MR) is 278 cm³/mol. The molecule has 1 saturated carbocycles. The van der Waals surface area contributed by atoms with Crippen molar-refractivity contribution < 1.29 is 48.1 Å². The first-order valence-corrected chi connectivity index (χ1v) is 25.6. The average Bonchev–Trinajstić information content (AvgIpc) is 3.78. The molecule has 75 heavy (non-hydrogen) atoms. The van der Waals surface area contributed by atoms with Crippen molar-refractivity contribution in [1.29, 1.82) is 0 Å². The molecular weight excluding hydrogens is 987 g/mol. The van der Waals surface area contributed by atoms with Crippen LogP contribution in [0.5, 0.6) is 5.75 Å². The molecule has 2 aromatic carbocycles. The summed E-state index contributed by atoms with van der Waals surface area (Å²) in [5, 5.41) is 40.3. The standard InChI is InChI=1S/C51H65N13O10S/c1-30-44(75-29-56-30)32-12-10-31(11-13-32)26-54-48(69)38-24-34(65)27-64(38)50(71)45(51(2,3)4)59-41(67)17-21-74-23-22-73-20-16-40(66)53-18-19-63-28-55-46(62-63)35-8-7-9-36(43(35)72-6)57-37-25-39(58-47(68)33-14-15-33)60-61-42(37)49(70)52-5/h7-13,25,28-29,33-34,38,45,65H,14-24,26-27H2,1-6H3,(H,52,70)(H,53,66)(H,54,69)(H,59,67)(H2,57,58,60,68)/t34-,38+,45-/m1/s1. The number of aliphatic hydroxyl groups is 1. The Morgan fingerprint density at radius 1 is 0.893 bits per heavy atom. The van der Waals surface area contributed by atoms with Gasteiger partial charge in [-0.15, -0.1) is 21.5 Å². The second-order valence-corrected chi connectivity index (χ2v) is 20.1. The number of nitrogens with one attached hydrogen (secondary N) is 6. The molecule has 23 nitrogen and oxygen atoms in total. The fraction of sp³-hybridized carbons (Fsp3) is 0.471. The molecule has 4 heterocycles. The van der Waals surface area contributed by atoms with Crippen molar-refractivity contribution in [3.05, 3.63) is 77.3 Å². The van der Waals surface area contributed by atoms with Crippen LogP contribution in [0.2, 0.25) is 0 Å². The Hall–Kier alpha value is -7.41. The number of carbonyl (C=O) groups excluding carboxylic acids is 6. The number of para-hydroxylation sites is 1. The number of methoxy groups -OCH3 is 1. The number of β-amino-alcohol motifs (C(OH)–C–C–N with tert-alkyl or cyclic N) is 1. The van der Waals surface area contributed by atoms with Gasteiger partial charge in [0.2, 0.25) is 29.5 Å². The van der Waals surface area contributed by atoms with Gasteiger partial charge in [0.05, 0.1) is 79.2 Å². The lowest BCUT2D eigenvalue weighted by molar-refractivity contribution is -0.144. The molecule has 24 heteroatoms. The number of likely N-dealkylation sites (tertiary alicyclic amines) is 1. The van der Waals surface area contributed by atoms with Crippen molar-refractivity contribution in [2.45, 2.75) is 91.1 Å². The molecule has 2 fully saturated rings. The minimum absolute atomic E-state index is 0.00953. The Morgan fingerprint density at radius 3 is 2.29 bits per heavy atom. The molecule has 6 amide bonds. The molecular formula is C51H65N13O10S. The van der Waals surface area contributed by atoms with Gasteiger partial charge in [-0.25, -0.2) is 9.97 Å². The van der Waals surface area contributed by atoms with Gasteiger partial charge in [-0.3, -0.25) is 33.4 Å². The number of ether oxygens (including phenoxy) is 3. The lowest BCUT2D eigenvalue weighted by Crippen LogP contribution is -2.57. The van der Waals surface area contributed by atoms with E-state index in [9.17, 15) is 33.9 Å². The van der Waals surface area contributed by atoms with Gasteiger partial charge in [0, 0.05) is 57.9 Å². The predicted octanol–water partition coefficient (Wildman–Crippen LogP) is 3.37. The molecule has 7 N–H and O–H groups in total. The maximum atomic E-state index is 14.0. The maximum Gasteiger partial charge on any atom is 0.273 e. The number of anilines is 3. The molecule has 1 aliphatic heterocycles. The summed E-state index contributed by atoms with van der Waals surface area (Å²) in [6.07, 6.45) is 2.42. The molecule has 7 rings (SSSR count). The van der Waals surface area contributed by atoms with Crippen molar-refractivity contribution in [3.8, 4) is 27.6 Å². The quantitative estimate of drug-likeness (QED) is 0.0413. The summed E-state index contributed by atoms with van der Waals surface area (Å²) in [5.74, 6) is -1.24. The molecule has 0 unspecified atom stereocenters. The fourth-order valence-electron chi connectivity index (χ4n) is 8.17. The fourth-order valence-corrected chi connectivity index (χ4v) is 8.99. The number of rotatable bonds is 25. The van der Waals surface area contributed by atoms with E-state index in [1.165, 1.54) is 31.5 Å². The summed E-state index contributed by atoms with van der Waals surface area (Å²) in [7, 11) is 2.97. The van der Waals surface area contributed by atoms with E-state index in [1.54, 1.807) is 39.7 Å². The number of carbonyl (C=O) groups is 6. The number of hydrogen-bond acceptors (Lipinski definition) is 17. The minimum atomic E-state index is -0.971. The normalized spacial score (nSPS) is 15.7. The van der Waals surface area contributed by atoms with E-state index < -0.39 is 41.3 Å². The summed E-state index contributed by atoms with van der Waals surface area (Å²) in [5.41, 5.74) is 5.28. The Kier molecular flexibility index (Phi) is 19.0. The van der Waals surface area contributed by atoms with Crippen molar-refractivity contribution in [1.82, 2.24) is 56.1 Å². The monoisotopic (exact) mass is 1050 g/mol. The number of aryl methyl sites for hydroxylation is 1. The topological polar surface area (TPSA) is 295 Å². The molecule has 1 saturated heterocycles. The van der Waals surface area contributed by atoms with Crippen molar-refractivity contribution in [2.75, 3.05) is 64.3 Å². The van der Waals surface area contributed by atoms with E-state index >= 15 is 0 Å². The number of amides is 6. The van der Waals surface area contributed by atoms with Gasteiger partial charge in [-0.1, -0.05) is 51.1 Å². The van der Waals surface area contributed by atoms with Crippen LogP contribution in [0.1, 0.15) is 74.6 Å². The third-order valence-corrected chi connectivity index (χ3v) is 13.4. The van der Waals surface area contributed by atoms with Crippen LogP contribution < -0.4 is 36.6 Å². The highest BCUT2D eigenvalue weighted by atomic mass is 32.1. The Bertz CT molecular complexity index is 2810. The maximum absolute atomic E-state index is 14.0. The molecule has 3 aromatic heterocycles. The number of aliphatic hydroxyl groups excluding tert-OH is 1. The molecule has 3 atom stereocenters. The second-order valence-electron chi connectivity index (χ2n) is 19.2. The van der Waals surface area contributed by atoms with Crippen LogP contribution in [0.3, 0.4) is 0 Å². The Balaban J connectivity index is 0.788. The zero-order chi connectivity index (χ0) is 53.6. The Morgan fingerprint density at radius 2 is 1.63 bits per heavy atom. The summed E-state index contributed by atoms with van der Waals surface area (Å²) < 4.78 is 18.5. The van der Waals surface area contributed by atoms with Crippen molar-refractivity contribution in [3.63, 3.8) is 0 Å². The van der Waals surface area contributed by atoms with Gasteiger partial charge < -0.3 is 56.1 Å². The summed E-state index contributed by atoms with van der Waals surface area (Å²) >= 11 is 1.56. The highest BCUT2D eigenvalue weighted by Gasteiger charge is 2.44. The first kappa shape index (κ1) is 55.3. The van der Waals surface area contributed by atoms with E-state index in [0.29, 0.717) is 29.4 Å². The number of aromatic nitrogens is 6. The lowest BCUT2D eigenvalue weighted by Gasteiger charge is -2.35. The minimum Gasteiger partial charge on any atom is -0.494 e. The van der Waals surface area contributed by atoms with Crippen molar-refractivity contribution in [2.24, 2.45) is 11.3 Å². The van der Waals surface area contributed by atoms with E-state index in [0.717, 1.165) is 34.5 Å². The van der Waals surface area contributed by atoms with Crippen molar-refractivity contribution >= 4 is 64.0 Å². The van der Waals surface area contributed by atoms with Gasteiger partial charge >= 0.3 is 0 Å². The van der Waals surface area contributed by atoms with Gasteiger partial charge in [0.1, 0.15) is 18.4 Å². The third kappa shape index (κ3) is 15.1. The van der Waals surface area contributed by atoms with Crippen LogP contribution in [-0.2, 0) is 46.5 Å². The molecule has 1 aliphatic carbocycles. The van der Waals surface area contributed by atoms with E-state index in [4.69, 9.17) is 14.2 Å². The number of benzene rings is 2. The van der Waals surface area contributed by atoms with Crippen LogP contribution in [0.4, 0.5) is 17.2 Å². The summed E-state index contributed by atoms with van der Waals surface area (Å²) in [6.45, 7) is 8.78. The van der Waals surface area contributed by atoms with Crippen LogP contribution in [-0.4, -0.2) is 147 Å². The molecule has 2 aliphatic rings. The van der Waals surface area contributed by atoms with Gasteiger partial charge in [0.25, 0.3) is 5.91 Å². The highest BCUT2D eigenvalue weighted by Crippen LogP contribution is 2.38. The van der Waals surface area contributed by atoms with Crippen LogP contribution >= 0.6 is 11.3 Å². The SMILES string of the molecule is CNC(=O)c1nnc(NC(=O)C2CC2)cc1Nc1cccc(-c2ncn(CCNC(=O)CCOCCOCCC(=O)N[C@H](C(=O)N3C[C@H](O)C[C@H]3C(=O)NCc3ccc(-c4scnc4C)cc3)C(C)(C)C)n2)c1OC. The van der Waals surface area contributed by atoms with Crippen LogP contribution in [0, 0.1) is 18.3 Å². The first-order chi connectivity index (χ1) is 36.0. The second kappa shape index (κ2) is 25.7. The lowest BCUT2D eigenvalue weighted by atomic mass is 9.85. The Labute approximate surface area is 438 Å². The zero-order valence-corrected chi connectivity index (χ0v) is 43.8. The van der Waals surface area contributed by atoms with Crippen LogP contribution in [0.15, 0.2) is 60.4 Å². The number of hydrogen-bond donors (Lipinski definition) is 7.